The molecule has 1 aliphatic rings. The summed E-state index contributed by atoms with van der Waals surface area (Å²) in [6.45, 7) is 0.658. The maximum atomic E-state index is 12.8. The second-order valence-electron chi connectivity index (χ2n) is 6.34. The Morgan fingerprint density at radius 1 is 1.04 bits per heavy atom. The van der Waals surface area contributed by atoms with Gasteiger partial charge < -0.3 is 15.1 Å². The van der Waals surface area contributed by atoms with Gasteiger partial charge >= 0.3 is 5.97 Å². The molecule has 1 fully saturated rings. The van der Waals surface area contributed by atoms with E-state index in [-0.39, 0.29) is 17.5 Å². The number of nitrogens with zero attached hydrogens (tertiary/aromatic N) is 1. The first-order valence-electron chi connectivity index (χ1n) is 8.43. The normalized spacial score (nSPS) is 18.1. The van der Waals surface area contributed by atoms with E-state index in [9.17, 15) is 14.7 Å². The Balaban J connectivity index is 1.70. The lowest BCUT2D eigenvalue weighted by Gasteiger charge is -2.27. The van der Waals surface area contributed by atoms with Crippen LogP contribution in [0.1, 0.15) is 51.6 Å². The highest BCUT2D eigenvalue weighted by Crippen LogP contribution is 2.28. The molecule has 0 aromatic heterocycles. The molecular weight excluding hydrogens is 318 g/mol. The van der Waals surface area contributed by atoms with Gasteiger partial charge in [0.2, 0.25) is 0 Å². The van der Waals surface area contributed by atoms with E-state index < -0.39 is 12.1 Å². The highest BCUT2D eigenvalue weighted by molar-refractivity contribution is 5.96. The number of rotatable bonds is 5. The maximum absolute atomic E-state index is 12.8. The van der Waals surface area contributed by atoms with Crippen LogP contribution in [0.25, 0.3) is 0 Å². The summed E-state index contributed by atoms with van der Waals surface area (Å²) in [5.74, 6) is -1.12. The number of benzene rings is 2. The van der Waals surface area contributed by atoms with Crippen molar-refractivity contribution < 1.29 is 19.8 Å². The van der Waals surface area contributed by atoms with Gasteiger partial charge in [-0.05, 0) is 49.1 Å². The lowest BCUT2D eigenvalue weighted by Crippen LogP contribution is -2.36. The number of hydrogen-bond donors (Lipinski definition) is 2. The molecule has 2 N–H and O–H groups in total. The molecule has 0 aliphatic carbocycles. The van der Waals surface area contributed by atoms with Crippen LogP contribution in [0.2, 0.25) is 0 Å². The zero-order valence-electron chi connectivity index (χ0n) is 13.8. The molecule has 2 aromatic carbocycles. The van der Waals surface area contributed by atoms with Gasteiger partial charge in [0.05, 0.1) is 11.7 Å². The van der Waals surface area contributed by atoms with Crippen LogP contribution in [-0.4, -0.2) is 39.6 Å². The number of carbonyl (C=O) groups is 2. The van der Waals surface area contributed by atoms with Crippen molar-refractivity contribution in [2.75, 3.05) is 6.54 Å². The van der Waals surface area contributed by atoms with Crippen molar-refractivity contribution in [1.82, 2.24) is 4.90 Å². The van der Waals surface area contributed by atoms with Gasteiger partial charge in [0.25, 0.3) is 5.91 Å². The number of carboxylic acid groups (broad SMARTS) is 1. The van der Waals surface area contributed by atoms with Crippen LogP contribution in [-0.2, 0) is 0 Å². The summed E-state index contributed by atoms with van der Waals surface area (Å²) in [5.41, 5.74) is 1.49. The van der Waals surface area contributed by atoms with Crippen molar-refractivity contribution in [3.63, 3.8) is 0 Å². The fourth-order valence-corrected chi connectivity index (χ4v) is 3.34. The summed E-state index contributed by atoms with van der Waals surface area (Å²) in [6, 6.07) is 15.4. The number of carboxylic acids is 1. The van der Waals surface area contributed by atoms with Gasteiger partial charge in [0.1, 0.15) is 0 Å². The largest absolute Gasteiger partial charge is 0.478 e. The molecule has 25 heavy (non-hydrogen) atoms. The summed E-state index contributed by atoms with van der Waals surface area (Å²) < 4.78 is 0. The minimum absolute atomic E-state index is 0.0122. The molecule has 1 aliphatic heterocycles. The van der Waals surface area contributed by atoms with Crippen LogP contribution in [0, 0.1) is 0 Å². The van der Waals surface area contributed by atoms with Gasteiger partial charge in [-0.1, -0.05) is 30.3 Å². The van der Waals surface area contributed by atoms with Crippen molar-refractivity contribution >= 4 is 11.9 Å². The third kappa shape index (κ3) is 3.88. The summed E-state index contributed by atoms with van der Waals surface area (Å²) >= 11 is 0. The standard InChI is InChI=1S/C20H21NO4/c22-18(14-5-2-1-3-6-14)13-17-7-4-12-21(17)19(23)15-8-10-16(11-9-15)20(24)25/h1-3,5-6,8-11,17-18,22H,4,7,12-13H2,(H,24,25)/t17-,18-/m0/s1. The smallest absolute Gasteiger partial charge is 0.335 e. The van der Waals surface area contributed by atoms with Gasteiger partial charge in [-0.2, -0.15) is 0 Å². The molecule has 1 heterocycles. The Kier molecular flexibility index (Phi) is 5.14. The zero-order valence-corrected chi connectivity index (χ0v) is 13.8. The van der Waals surface area contributed by atoms with Crippen molar-refractivity contribution in [3.05, 3.63) is 71.3 Å². The topological polar surface area (TPSA) is 77.8 Å². The first-order valence-corrected chi connectivity index (χ1v) is 8.43. The van der Waals surface area contributed by atoms with E-state index in [1.165, 1.54) is 12.1 Å². The van der Waals surface area contributed by atoms with Crippen molar-refractivity contribution in [1.29, 1.82) is 0 Å². The Hall–Kier alpha value is -2.66. The van der Waals surface area contributed by atoms with Crippen LogP contribution in [0.3, 0.4) is 0 Å². The van der Waals surface area contributed by atoms with E-state index >= 15 is 0 Å². The number of aromatic carboxylic acids is 1. The molecule has 1 amide bonds. The fourth-order valence-electron chi connectivity index (χ4n) is 3.34. The summed E-state index contributed by atoms with van der Waals surface area (Å²) in [6.07, 6.45) is 1.67. The molecule has 5 nitrogen and oxygen atoms in total. The summed E-state index contributed by atoms with van der Waals surface area (Å²) in [5, 5.41) is 19.4. The number of carbonyl (C=O) groups excluding carboxylic acids is 1. The summed E-state index contributed by atoms with van der Waals surface area (Å²) in [4.78, 5) is 25.5. The highest BCUT2D eigenvalue weighted by atomic mass is 16.4. The minimum Gasteiger partial charge on any atom is -0.478 e. The number of likely N-dealkylation sites (tertiary alicyclic amines) is 1. The van der Waals surface area contributed by atoms with Crippen LogP contribution in [0.15, 0.2) is 54.6 Å². The second-order valence-corrected chi connectivity index (χ2v) is 6.34. The Labute approximate surface area is 146 Å². The summed E-state index contributed by atoms with van der Waals surface area (Å²) in [7, 11) is 0. The van der Waals surface area contributed by atoms with Gasteiger partial charge in [-0.3, -0.25) is 4.79 Å². The molecule has 2 atom stereocenters. The van der Waals surface area contributed by atoms with Crippen molar-refractivity contribution in [2.45, 2.75) is 31.4 Å². The fraction of sp³-hybridized carbons (Fsp3) is 0.300. The maximum Gasteiger partial charge on any atom is 0.335 e. The number of amides is 1. The minimum atomic E-state index is -1.01. The lowest BCUT2D eigenvalue weighted by atomic mass is 10.00. The van der Waals surface area contributed by atoms with E-state index in [4.69, 9.17) is 5.11 Å². The van der Waals surface area contributed by atoms with Gasteiger partial charge in [-0.15, -0.1) is 0 Å². The Morgan fingerprint density at radius 3 is 2.32 bits per heavy atom. The third-order valence-corrected chi connectivity index (χ3v) is 4.70. The number of aliphatic hydroxyl groups excluding tert-OH is 1. The van der Waals surface area contributed by atoms with E-state index in [1.807, 2.05) is 30.3 Å². The van der Waals surface area contributed by atoms with E-state index in [0.717, 1.165) is 18.4 Å². The van der Waals surface area contributed by atoms with E-state index in [2.05, 4.69) is 0 Å². The monoisotopic (exact) mass is 339 g/mol. The first-order chi connectivity index (χ1) is 12.1. The number of aliphatic hydroxyl groups is 1. The predicted molar refractivity (Wildman–Crippen MR) is 93.5 cm³/mol. The molecule has 0 radical (unpaired) electrons. The second kappa shape index (κ2) is 7.49. The van der Waals surface area contributed by atoms with Crippen LogP contribution >= 0.6 is 0 Å². The molecule has 0 spiro atoms. The molecule has 5 heteroatoms. The molecule has 0 saturated carbocycles. The first kappa shape index (κ1) is 17.2. The van der Waals surface area contributed by atoms with Crippen molar-refractivity contribution in [2.24, 2.45) is 0 Å². The molecule has 0 unspecified atom stereocenters. The molecular formula is C20H21NO4. The van der Waals surface area contributed by atoms with Crippen LogP contribution in [0.4, 0.5) is 0 Å². The van der Waals surface area contributed by atoms with E-state index in [1.54, 1.807) is 17.0 Å². The Bertz CT molecular complexity index is 742. The predicted octanol–water partition coefficient (Wildman–Crippen LogP) is 3.11. The zero-order chi connectivity index (χ0) is 17.8. The highest BCUT2D eigenvalue weighted by Gasteiger charge is 2.31. The van der Waals surface area contributed by atoms with Crippen molar-refractivity contribution in [3.8, 4) is 0 Å². The van der Waals surface area contributed by atoms with Gasteiger partial charge in [0.15, 0.2) is 0 Å². The van der Waals surface area contributed by atoms with Crippen LogP contribution < -0.4 is 0 Å². The van der Waals surface area contributed by atoms with Gasteiger partial charge in [-0.25, -0.2) is 4.79 Å². The number of hydrogen-bond acceptors (Lipinski definition) is 3. The quantitative estimate of drug-likeness (QED) is 0.877. The molecule has 130 valence electrons. The third-order valence-electron chi connectivity index (χ3n) is 4.70. The molecule has 3 rings (SSSR count). The molecule has 0 bridgehead atoms. The average Bonchev–Trinajstić information content (AvgIpc) is 3.10. The Morgan fingerprint density at radius 2 is 1.68 bits per heavy atom. The average molecular weight is 339 g/mol. The van der Waals surface area contributed by atoms with Crippen LogP contribution in [0.5, 0.6) is 0 Å². The van der Waals surface area contributed by atoms with Gasteiger partial charge in [0, 0.05) is 18.2 Å². The lowest BCUT2D eigenvalue weighted by molar-refractivity contribution is 0.0661. The SMILES string of the molecule is O=C(O)c1ccc(C(=O)N2CCC[C@H]2C[C@H](O)c2ccccc2)cc1. The molecule has 1 saturated heterocycles. The van der Waals surface area contributed by atoms with E-state index in [0.29, 0.717) is 18.5 Å². The molecule has 2 aromatic rings.